The molecule has 2 aromatic heterocycles. The molecule has 0 saturated heterocycles. The number of nitrogens with zero attached hydrogens (tertiary/aromatic N) is 2. The monoisotopic (exact) mass is 338 g/mol. The van der Waals surface area contributed by atoms with Crippen LogP contribution in [0.4, 0.5) is 0 Å². The standard InChI is InChI=1S/C14H18N4O4S/c1-21-6-5-15-12(20)8-16-11(19)2-3-13-17-18-14(22-13)10-4-7-23-9-10/h4,7,9H,2-3,5-6,8H2,1H3,(H,15,20)(H,16,19). The highest BCUT2D eigenvalue weighted by molar-refractivity contribution is 7.08. The van der Waals surface area contributed by atoms with Crippen LogP contribution < -0.4 is 10.6 Å². The van der Waals surface area contributed by atoms with Crippen LogP contribution in [0.5, 0.6) is 0 Å². The third kappa shape index (κ3) is 5.80. The molecule has 0 unspecified atom stereocenters. The van der Waals surface area contributed by atoms with E-state index in [2.05, 4.69) is 20.8 Å². The molecule has 0 aromatic carbocycles. The Balaban J connectivity index is 1.67. The van der Waals surface area contributed by atoms with Gasteiger partial charge in [0, 0.05) is 37.4 Å². The Morgan fingerprint density at radius 2 is 2.17 bits per heavy atom. The smallest absolute Gasteiger partial charge is 0.248 e. The molecule has 23 heavy (non-hydrogen) atoms. The van der Waals surface area contributed by atoms with Gasteiger partial charge in [-0.15, -0.1) is 10.2 Å². The van der Waals surface area contributed by atoms with Gasteiger partial charge in [0.05, 0.1) is 13.2 Å². The highest BCUT2D eigenvalue weighted by atomic mass is 32.1. The van der Waals surface area contributed by atoms with Gasteiger partial charge in [-0.1, -0.05) is 0 Å². The van der Waals surface area contributed by atoms with Crippen molar-refractivity contribution in [3.05, 3.63) is 22.7 Å². The first-order chi connectivity index (χ1) is 11.2. The summed E-state index contributed by atoms with van der Waals surface area (Å²) in [4.78, 5) is 23.1. The van der Waals surface area contributed by atoms with E-state index in [0.29, 0.717) is 31.4 Å². The van der Waals surface area contributed by atoms with Crippen molar-refractivity contribution in [2.75, 3.05) is 26.8 Å². The highest BCUT2D eigenvalue weighted by Gasteiger charge is 2.11. The van der Waals surface area contributed by atoms with E-state index < -0.39 is 0 Å². The maximum absolute atomic E-state index is 11.7. The number of ether oxygens (including phenoxy) is 1. The van der Waals surface area contributed by atoms with Crippen LogP contribution >= 0.6 is 11.3 Å². The summed E-state index contributed by atoms with van der Waals surface area (Å²) in [6.45, 7) is 0.786. The van der Waals surface area contributed by atoms with Gasteiger partial charge in [-0.3, -0.25) is 9.59 Å². The van der Waals surface area contributed by atoms with Crippen molar-refractivity contribution in [3.8, 4) is 11.5 Å². The maximum atomic E-state index is 11.7. The summed E-state index contributed by atoms with van der Waals surface area (Å²) in [5.41, 5.74) is 0.867. The number of amides is 2. The molecule has 0 atom stereocenters. The van der Waals surface area contributed by atoms with Gasteiger partial charge in [0.1, 0.15) is 0 Å². The lowest BCUT2D eigenvalue weighted by molar-refractivity contribution is -0.126. The third-order valence-corrected chi connectivity index (χ3v) is 3.56. The molecule has 2 heterocycles. The van der Waals surface area contributed by atoms with Gasteiger partial charge in [-0.2, -0.15) is 11.3 Å². The van der Waals surface area contributed by atoms with Crippen molar-refractivity contribution in [1.82, 2.24) is 20.8 Å². The quantitative estimate of drug-likeness (QED) is 0.649. The summed E-state index contributed by atoms with van der Waals surface area (Å²) in [7, 11) is 1.55. The number of carbonyl (C=O) groups is 2. The van der Waals surface area contributed by atoms with E-state index in [-0.39, 0.29) is 24.8 Å². The Morgan fingerprint density at radius 3 is 2.91 bits per heavy atom. The molecular weight excluding hydrogens is 320 g/mol. The molecule has 0 bridgehead atoms. The van der Waals surface area contributed by atoms with Crippen LogP contribution in [0, 0.1) is 0 Å². The first kappa shape index (κ1) is 17.1. The van der Waals surface area contributed by atoms with Crippen LogP contribution in [0.25, 0.3) is 11.5 Å². The van der Waals surface area contributed by atoms with Crippen LogP contribution in [0.1, 0.15) is 12.3 Å². The molecule has 0 aliphatic carbocycles. The highest BCUT2D eigenvalue weighted by Crippen LogP contribution is 2.20. The fourth-order valence-electron chi connectivity index (χ4n) is 1.70. The zero-order valence-electron chi connectivity index (χ0n) is 12.7. The van der Waals surface area contributed by atoms with E-state index in [9.17, 15) is 9.59 Å². The van der Waals surface area contributed by atoms with Crippen molar-refractivity contribution in [2.45, 2.75) is 12.8 Å². The molecule has 0 aliphatic heterocycles. The molecule has 0 spiro atoms. The zero-order chi connectivity index (χ0) is 16.5. The van der Waals surface area contributed by atoms with E-state index in [1.807, 2.05) is 16.8 Å². The fourth-order valence-corrected chi connectivity index (χ4v) is 2.33. The molecule has 8 nitrogen and oxygen atoms in total. The predicted molar refractivity (Wildman–Crippen MR) is 83.8 cm³/mol. The molecule has 2 N–H and O–H groups in total. The minimum absolute atomic E-state index is 0.0630. The summed E-state index contributed by atoms with van der Waals surface area (Å²) in [6.07, 6.45) is 0.505. The Morgan fingerprint density at radius 1 is 1.30 bits per heavy atom. The minimum atomic E-state index is -0.257. The summed E-state index contributed by atoms with van der Waals surface area (Å²) in [6, 6.07) is 1.89. The largest absolute Gasteiger partial charge is 0.421 e. The van der Waals surface area contributed by atoms with Gasteiger partial charge in [0.25, 0.3) is 0 Å². The number of hydrogen-bond acceptors (Lipinski definition) is 7. The van der Waals surface area contributed by atoms with Crippen molar-refractivity contribution >= 4 is 23.2 Å². The number of thiophene rings is 1. The second-order valence-electron chi connectivity index (χ2n) is 4.63. The Labute approximate surface area is 137 Å². The maximum Gasteiger partial charge on any atom is 0.248 e. The van der Waals surface area contributed by atoms with Crippen molar-refractivity contribution in [3.63, 3.8) is 0 Å². The molecule has 124 valence electrons. The SMILES string of the molecule is COCCNC(=O)CNC(=O)CCc1nnc(-c2ccsc2)o1. The number of aromatic nitrogens is 2. The number of nitrogens with one attached hydrogen (secondary N) is 2. The van der Waals surface area contributed by atoms with Crippen molar-refractivity contribution < 1.29 is 18.7 Å². The molecule has 9 heteroatoms. The Hall–Kier alpha value is -2.26. The lowest BCUT2D eigenvalue weighted by Gasteiger charge is -2.05. The van der Waals surface area contributed by atoms with Crippen molar-refractivity contribution in [2.24, 2.45) is 0 Å². The van der Waals surface area contributed by atoms with Gasteiger partial charge in [0.2, 0.25) is 23.6 Å². The van der Waals surface area contributed by atoms with E-state index >= 15 is 0 Å². The molecule has 2 rings (SSSR count). The molecule has 0 radical (unpaired) electrons. The summed E-state index contributed by atoms with van der Waals surface area (Å²) >= 11 is 1.54. The van der Waals surface area contributed by atoms with E-state index in [1.54, 1.807) is 18.4 Å². The number of carbonyl (C=O) groups excluding carboxylic acids is 2. The lowest BCUT2D eigenvalue weighted by atomic mass is 10.3. The Bertz CT molecular complexity index is 627. The number of hydrogen-bond donors (Lipinski definition) is 2. The van der Waals surface area contributed by atoms with Gasteiger partial charge in [0.15, 0.2) is 0 Å². The second kappa shape index (κ2) is 9.01. The number of aryl methyl sites for hydroxylation is 1. The topological polar surface area (TPSA) is 106 Å². The first-order valence-corrected chi connectivity index (χ1v) is 8.00. The summed E-state index contributed by atoms with van der Waals surface area (Å²) < 4.78 is 10.3. The van der Waals surface area contributed by atoms with Crippen LogP contribution in [0.3, 0.4) is 0 Å². The first-order valence-electron chi connectivity index (χ1n) is 7.06. The lowest BCUT2D eigenvalue weighted by Crippen LogP contribution is -2.38. The van der Waals surface area contributed by atoms with Gasteiger partial charge in [-0.05, 0) is 11.4 Å². The van der Waals surface area contributed by atoms with Crippen LogP contribution in [0.2, 0.25) is 0 Å². The molecule has 0 saturated carbocycles. The number of methoxy groups -OCH3 is 1. The van der Waals surface area contributed by atoms with E-state index in [0.717, 1.165) is 5.56 Å². The van der Waals surface area contributed by atoms with Gasteiger partial charge < -0.3 is 19.8 Å². The average Bonchev–Trinajstić information content (AvgIpc) is 3.22. The fraction of sp³-hybridized carbons (Fsp3) is 0.429. The number of rotatable bonds is 9. The predicted octanol–water partition coefficient (Wildman–Crippen LogP) is 0.610. The van der Waals surface area contributed by atoms with E-state index in [1.165, 1.54) is 0 Å². The summed E-state index contributed by atoms with van der Waals surface area (Å²) in [5, 5.41) is 16.8. The summed E-state index contributed by atoms with van der Waals surface area (Å²) in [5.74, 6) is 0.334. The molecule has 0 aliphatic rings. The van der Waals surface area contributed by atoms with E-state index in [4.69, 9.17) is 9.15 Å². The van der Waals surface area contributed by atoms with Crippen molar-refractivity contribution in [1.29, 1.82) is 0 Å². The Kier molecular flexibility index (Phi) is 6.70. The molecule has 2 amide bonds. The van der Waals surface area contributed by atoms with Gasteiger partial charge >= 0.3 is 0 Å². The van der Waals surface area contributed by atoms with Crippen LogP contribution in [-0.4, -0.2) is 48.8 Å². The molecule has 2 aromatic rings. The van der Waals surface area contributed by atoms with Gasteiger partial charge in [-0.25, -0.2) is 0 Å². The zero-order valence-corrected chi connectivity index (χ0v) is 13.5. The molecular formula is C14H18N4O4S. The van der Waals surface area contributed by atoms with Crippen LogP contribution in [-0.2, 0) is 20.7 Å². The molecule has 0 fully saturated rings. The third-order valence-electron chi connectivity index (χ3n) is 2.88. The normalized spacial score (nSPS) is 10.5. The average molecular weight is 338 g/mol. The second-order valence-corrected chi connectivity index (χ2v) is 5.41. The van der Waals surface area contributed by atoms with Crippen LogP contribution in [0.15, 0.2) is 21.2 Å². The minimum Gasteiger partial charge on any atom is -0.421 e.